The molecule has 2 N–H and O–H groups in total. The fourth-order valence-corrected chi connectivity index (χ4v) is 4.03. The van der Waals surface area contributed by atoms with E-state index in [0.29, 0.717) is 17.6 Å². The number of urea groups is 1. The van der Waals surface area contributed by atoms with Crippen LogP contribution in [0.15, 0.2) is 5.38 Å². The van der Waals surface area contributed by atoms with Gasteiger partial charge in [0.15, 0.2) is 5.13 Å². The second-order valence-corrected chi connectivity index (χ2v) is 7.73. The van der Waals surface area contributed by atoms with Crippen LogP contribution in [0, 0.1) is 13.8 Å². The number of anilines is 1. The molecule has 0 radical (unpaired) electrons. The summed E-state index contributed by atoms with van der Waals surface area (Å²) in [6, 6.07) is -0.195. The zero-order valence-corrected chi connectivity index (χ0v) is 14.4. The number of carbonyl (C=O) groups excluding carboxylic acids is 1. The van der Waals surface area contributed by atoms with Crippen LogP contribution < -0.4 is 10.6 Å². The minimum atomic E-state index is -0.195. The van der Waals surface area contributed by atoms with Gasteiger partial charge in [-0.2, -0.15) is 0 Å². The number of amides is 2. The van der Waals surface area contributed by atoms with Crippen molar-refractivity contribution in [1.82, 2.24) is 15.3 Å². The monoisotopic (exact) mass is 336 g/mol. The Labute approximate surface area is 138 Å². The zero-order chi connectivity index (χ0) is 15.5. The molecule has 1 fully saturated rings. The molecule has 2 heterocycles. The van der Waals surface area contributed by atoms with Crippen LogP contribution in [0.25, 0.3) is 0 Å². The van der Waals surface area contributed by atoms with Crippen molar-refractivity contribution >= 4 is 33.8 Å². The molecule has 0 atom stereocenters. The number of aryl methyl sites for hydroxylation is 2. The third-order valence-corrected chi connectivity index (χ3v) is 5.87. The molecule has 0 saturated heterocycles. The van der Waals surface area contributed by atoms with E-state index in [1.165, 1.54) is 35.5 Å². The average Bonchev–Trinajstić information content (AvgIpc) is 2.96. The smallest absolute Gasteiger partial charge is 0.321 e. The van der Waals surface area contributed by atoms with Crippen molar-refractivity contribution in [2.75, 3.05) is 11.9 Å². The highest BCUT2D eigenvalue weighted by molar-refractivity contribution is 7.14. The molecule has 2 amide bonds. The zero-order valence-electron chi connectivity index (χ0n) is 12.8. The lowest BCUT2D eigenvalue weighted by atomic mass is 9.83. The third kappa shape index (κ3) is 3.64. The highest BCUT2D eigenvalue weighted by Crippen LogP contribution is 2.37. The summed E-state index contributed by atoms with van der Waals surface area (Å²) in [6.45, 7) is 4.66. The molecule has 0 aromatic carbocycles. The second kappa shape index (κ2) is 6.75. The van der Waals surface area contributed by atoms with Gasteiger partial charge in [0.05, 0.1) is 16.4 Å². The molecule has 22 heavy (non-hydrogen) atoms. The van der Waals surface area contributed by atoms with Crippen molar-refractivity contribution in [3.63, 3.8) is 0 Å². The maximum absolute atomic E-state index is 11.9. The third-order valence-electron chi connectivity index (χ3n) is 3.96. The van der Waals surface area contributed by atoms with Gasteiger partial charge in [-0.3, -0.25) is 5.32 Å². The Hall–Kier alpha value is -1.47. The first-order valence-corrected chi connectivity index (χ1v) is 9.24. The predicted octanol–water partition coefficient (Wildman–Crippen LogP) is 3.85. The number of thiazole rings is 2. The molecule has 3 rings (SSSR count). The summed E-state index contributed by atoms with van der Waals surface area (Å²) in [5, 5.41) is 9.47. The summed E-state index contributed by atoms with van der Waals surface area (Å²) in [5.74, 6) is 0.603. The maximum atomic E-state index is 11.9. The summed E-state index contributed by atoms with van der Waals surface area (Å²) < 4.78 is 0. The number of hydrogen-bond acceptors (Lipinski definition) is 5. The fraction of sp³-hybridized carbons (Fsp3) is 0.533. The Morgan fingerprint density at radius 3 is 2.82 bits per heavy atom. The lowest BCUT2D eigenvalue weighted by Crippen LogP contribution is -2.30. The molecule has 0 bridgehead atoms. The topological polar surface area (TPSA) is 66.9 Å². The van der Waals surface area contributed by atoms with Crippen LogP contribution >= 0.6 is 22.7 Å². The summed E-state index contributed by atoms with van der Waals surface area (Å²) in [6.07, 6.45) is 4.50. The number of hydrogen-bond donors (Lipinski definition) is 2. The Morgan fingerprint density at radius 2 is 2.18 bits per heavy atom. The Bertz CT molecular complexity index is 641. The summed E-state index contributed by atoms with van der Waals surface area (Å²) >= 11 is 3.19. The highest BCUT2D eigenvalue weighted by Gasteiger charge is 2.22. The van der Waals surface area contributed by atoms with Crippen molar-refractivity contribution in [2.45, 2.75) is 45.4 Å². The normalized spacial score (nSPS) is 14.6. The van der Waals surface area contributed by atoms with Gasteiger partial charge in [-0.15, -0.1) is 22.7 Å². The second-order valence-electron chi connectivity index (χ2n) is 5.59. The standard InChI is InChI=1S/C15H20N4OS2/c1-9-10(2)22-13(17-9)6-7-16-14(20)19-15-18-12(8-21-15)11-4-3-5-11/h8,11H,3-7H2,1-2H3,(H2,16,18,19,20). The van der Waals surface area contributed by atoms with Gasteiger partial charge in [0, 0.05) is 29.1 Å². The first kappa shape index (κ1) is 15.4. The quantitative estimate of drug-likeness (QED) is 0.871. The Kier molecular flexibility index (Phi) is 4.73. The van der Waals surface area contributed by atoms with Gasteiger partial charge >= 0.3 is 6.03 Å². The van der Waals surface area contributed by atoms with Crippen LogP contribution in [0.3, 0.4) is 0 Å². The van der Waals surface area contributed by atoms with Crippen molar-refractivity contribution in [2.24, 2.45) is 0 Å². The van der Waals surface area contributed by atoms with Crippen LogP contribution in [-0.2, 0) is 6.42 Å². The molecule has 0 unspecified atom stereocenters. The van der Waals surface area contributed by atoms with Gasteiger partial charge in [-0.05, 0) is 26.7 Å². The number of rotatable bonds is 5. The summed E-state index contributed by atoms with van der Waals surface area (Å²) in [5.41, 5.74) is 2.20. The van der Waals surface area contributed by atoms with Gasteiger partial charge < -0.3 is 5.32 Å². The molecule has 2 aromatic rings. The molecule has 0 spiro atoms. The van der Waals surface area contributed by atoms with E-state index in [9.17, 15) is 4.79 Å². The number of nitrogens with one attached hydrogen (secondary N) is 2. The van der Waals surface area contributed by atoms with E-state index in [-0.39, 0.29) is 6.03 Å². The Morgan fingerprint density at radius 1 is 1.36 bits per heavy atom. The van der Waals surface area contributed by atoms with Crippen LogP contribution in [0.4, 0.5) is 9.93 Å². The van der Waals surface area contributed by atoms with Crippen LogP contribution in [-0.4, -0.2) is 22.5 Å². The van der Waals surface area contributed by atoms with E-state index in [4.69, 9.17) is 0 Å². The number of aromatic nitrogens is 2. The van der Waals surface area contributed by atoms with Gasteiger partial charge in [-0.1, -0.05) is 6.42 Å². The van der Waals surface area contributed by atoms with Crippen LogP contribution in [0.5, 0.6) is 0 Å². The molecule has 1 saturated carbocycles. The molecule has 7 heteroatoms. The van der Waals surface area contributed by atoms with Crippen molar-refractivity contribution < 1.29 is 4.79 Å². The first-order valence-electron chi connectivity index (χ1n) is 7.55. The highest BCUT2D eigenvalue weighted by atomic mass is 32.1. The van der Waals surface area contributed by atoms with E-state index in [0.717, 1.165) is 22.8 Å². The molecule has 1 aliphatic carbocycles. The molecular formula is C15H20N4OS2. The van der Waals surface area contributed by atoms with Gasteiger partial charge in [0.1, 0.15) is 0 Å². The molecule has 118 valence electrons. The van der Waals surface area contributed by atoms with E-state index >= 15 is 0 Å². The average molecular weight is 336 g/mol. The number of nitrogens with zero attached hydrogens (tertiary/aromatic N) is 2. The minimum absolute atomic E-state index is 0.195. The van der Waals surface area contributed by atoms with Crippen molar-refractivity contribution in [3.8, 4) is 0 Å². The maximum Gasteiger partial charge on any atom is 0.321 e. The number of carbonyl (C=O) groups is 1. The molecule has 2 aromatic heterocycles. The summed E-state index contributed by atoms with van der Waals surface area (Å²) in [7, 11) is 0. The minimum Gasteiger partial charge on any atom is -0.337 e. The molecular weight excluding hydrogens is 316 g/mol. The van der Waals surface area contributed by atoms with Crippen LogP contribution in [0.2, 0.25) is 0 Å². The van der Waals surface area contributed by atoms with E-state index < -0.39 is 0 Å². The van der Waals surface area contributed by atoms with E-state index in [2.05, 4.69) is 32.9 Å². The van der Waals surface area contributed by atoms with Crippen molar-refractivity contribution in [3.05, 3.63) is 26.7 Å². The predicted molar refractivity (Wildman–Crippen MR) is 91.0 cm³/mol. The SMILES string of the molecule is Cc1nc(CCNC(=O)Nc2nc(C3CCC3)cs2)sc1C. The largest absolute Gasteiger partial charge is 0.337 e. The lowest BCUT2D eigenvalue weighted by molar-refractivity contribution is 0.252. The van der Waals surface area contributed by atoms with E-state index in [1.807, 2.05) is 6.92 Å². The van der Waals surface area contributed by atoms with Crippen molar-refractivity contribution in [1.29, 1.82) is 0 Å². The van der Waals surface area contributed by atoms with Gasteiger partial charge in [0.2, 0.25) is 0 Å². The lowest BCUT2D eigenvalue weighted by Gasteiger charge is -2.22. The fourth-order valence-electron chi connectivity index (χ4n) is 2.31. The Balaban J connectivity index is 1.43. The van der Waals surface area contributed by atoms with Crippen LogP contribution in [0.1, 0.15) is 46.5 Å². The van der Waals surface area contributed by atoms with E-state index in [1.54, 1.807) is 11.3 Å². The van der Waals surface area contributed by atoms with Gasteiger partial charge in [-0.25, -0.2) is 14.8 Å². The van der Waals surface area contributed by atoms with Gasteiger partial charge in [0.25, 0.3) is 0 Å². The molecule has 5 nitrogen and oxygen atoms in total. The molecule has 0 aliphatic heterocycles. The summed E-state index contributed by atoms with van der Waals surface area (Å²) in [4.78, 5) is 22.1. The first-order chi connectivity index (χ1) is 10.6. The molecule has 1 aliphatic rings.